The quantitative estimate of drug-likeness (QED) is 0.932. The van der Waals surface area contributed by atoms with Gasteiger partial charge in [-0.05, 0) is 56.8 Å². The average molecular weight is 339 g/mol. The van der Waals surface area contributed by atoms with Crippen molar-refractivity contribution in [3.63, 3.8) is 0 Å². The van der Waals surface area contributed by atoms with Crippen LogP contribution in [0.4, 0.5) is 0 Å². The molecule has 0 aromatic carbocycles. The van der Waals surface area contributed by atoms with E-state index in [1.165, 1.54) is 12.0 Å². The summed E-state index contributed by atoms with van der Waals surface area (Å²) in [6.45, 7) is 5.56. The van der Waals surface area contributed by atoms with E-state index in [0.29, 0.717) is 5.69 Å². The van der Waals surface area contributed by atoms with Crippen molar-refractivity contribution in [2.24, 2.45) is 0 Å². The number of pyridine rings is 1. The van der Waals surface area contributed by atoms with Gasteiger partial charge in [-0.15, -0.1) is 0 Å². The zero-order chi connectivity index (χ0) is 17.3. The third kappa shape index (κ3) is 3.18. The van der Waals surface area contributed by atoms with Crippen molar-refractivity contribution in [3.05, 3.63) is 47.5 Å². The number of carbonyl (C=O) groups excluding carboxylic acids is 1. The van der Waals surface area contributed by atoms with Crippen molar-refractivity contribution in [3.8, 4) is 0 Å². The van der Waals surface area contributed by atoms with Gasteiger partial charge in [0.25, 0.3) is 5.91 Å². The number of hydrogen-bond donors (Lipinski definition) is 1. The number of piperidine rings is 1. The van der Waals surface area contributed by atoms with E-state index in [4.69, 9.17) is 0 Å². The molecule has 4 heterocycles. The minimum Gasteiger partial charge on any atom is -0.335 e. The molecule has 6 nitrogen and oxygen atoms in total. The fraction of sp³-hybridized carbons (Fsp3) is 0.526. The molecule has 6 heteroatoms. The second kappa shape index (κ2) is 6.59. The summed E-state index contributed by atoms with van der Waals surface area (Å²) in [5, 5.41) is 7.03. The molecular weight excluding hydrogens is 314 g/mol. The van der Waals surface area contributed by atoms with Crippen molar-refractivity contribution >= 4 is 5.91 Å². The molecule has 132 valence electrons. The normalized spacial score (nSPS) is 24.1. The first kappa shape index (κ1) is 16.3. The highest BCUT2D eigenvalue weighted by molar-refractivity contribution is 5.92. The zero-order valence-corrected chi connectivity index (χ0v) is 14.7. The number of likely N-dealkylation sites (tertiary alicyclic amines) is 2. The Bertz CT molecular complexity index is 743. The van der Waals surface area contributed by atoms with Crippen molar-refractivity contribution < 1.29 is 4.79 Å². The zero-order valence-electron chi connectivity index (χ0n) is 14.7. The van der Waals surface area contributed by atoms with E-state index < -0.39 is 0 Å². The fourth-order valence-electron chi connectivity index (χ4n) is 4.39. The SMILES string of the molecule is Cc1cc(C(=O)N2CCC[C@]3(CCCN3Cc3cccnc3)C2)n[nH]1. The Hall–Kier alpha value is -2.21. The minimum atomic E-state index is 0.0525. The first-order valence-corrected chi connectivity index (χ1v) is 9.12. The molecule has 1 N–H and O–H groups in total. The average Bonchev–Trinajstić information content (AvgIpc) is 3.22. The third-order valence-corrected chi connectivity index (χ3v) is 5.60. The van der Waals surface area contributed by atoms with E-state index in [9.17, 15) is 4.79 Å². The Kier molecular flexibility index (Phi) is 4.29. The maximum atomic E-state index is 12.8. The van der Waals surface area contributed by atoms with Crippen LogP contribution in [0.2, 0.25) is 0 Å². The third-order valence-electron chi connectivity index (χ3n) is 5.60. The number of rotatable bonds is 3. The Labute approximate surface area is 148 Å². The van der Waals surface area contributed by atoms with Gasteiger partial charge < -0.3 is 4.90 Å². The highest BCUT2D eigenvalue weighted by atomic mass is 16.2. The lowest BCUT2D eigenvalue weighted by Crippen LogP contribution is -2.56. The summed E-state index contributed by atoms with van der Waals surface area (Å²) in [6, 6.07) is 5.97. The number of aromatic nitrogens is 3. The van der Waals surface area contributed by atoms with Crippen LogP contribution in [0, 0.1) is 6.92 Å². The Morgan fingerprint density at radius 2 is 2.16 bits per heavy atom. The maximum absolute atomic E-state index is 12.8. The summed E-state index contributed by atoms with van der Waals surface area (Å²) in [5.74, 6) is 0.0525. The van der Waals surface area contributed by atoms with Crippen LogP contribution in [0.15, 0.2) is 30.6 Å². The lowest BCUT2D eigenvalue weighted by Gasteiger charge is -2.46. The van der Waals surface area contributed by atoms with Crippen molar-refractivity contribution in [2.45, 2.75) is 44.7 Å². The van der Waals surface area contributed by atoms with Gasteiger partial charge in [0.05, 0.1) is 0 Å². The van der Waals surface area contributed by atoms with E-state index in [0.717, 1.165) is 51.1 Å². The van der Waals surface area contributed by atoms with Gasteiger partial charge in [0, 0.05) is 43.3 Å². The molecule has 0 radical (unpaired) electrons. The number of nitrogens with one attached hydrogen (secondary N) is 1. The summed E-state index contributed by atoms with van der Waals surface area (Å²) in [6.07, 6.45) is 8.34. The van der Waals surface area contributed by atoms with Crippen LogP contribution in [0.1, 0.15) is 47.4 Å². The Morgan fingerprint density at radius 1 is 1.32 bits per heavy atom. The molecule has 2 aliphatic rings. The minimum absolute atomic E-state index is 0.0525. The highest BCUT2D eigenvalue weighted by Crippen LogP contribution is 2.38. The lowest BCUT2D eigenvalue weighted by atomic mass is 9.86. The van der Waals surface area contributed by atoms with Crippen LogP contribution in [0.3, 0.4) is 0 Å². The lowest BCUT2D eigenvalue weighted by molar-refractivity contribution is 0.0292. The largest absolute Gasteiger partial charge is 0.335 e. The molecule has 1 spiro atoms. The van der Waals surface area contributed by atoms with Gasteiger partial charge in [0.2, 0.25) is 0 Å². The molecular formula is C19H25N5O. The number of hydrogen-bond acceptors (Lipinski definition) is 4. The van der Waals surface area contributed by atoms with Gasteiger partial charge in [-0.3, -0.25) is 19.8 Å². The van der Waals surface area contributed by atoms with E-state index in [1.807, 2.05) is 36.4 Å². The molecule has 25 heavy (non-hydrogen) atoms. The van der Waals surface area contributed by atoms with Crippen LogP contribution in [0.5, 0.6) is 0 Å². The van der Waals surface area contributed by atoms with Gasteiger partial charge in [-0.25, -0.2) is 0 Å². The monoisotopic (exact) mass is 339 g/mol. The Balaban J connectivity index is 1.51. The number of amides is 1. The van der Waals surface area contributed by atoms with Gasteiger partial charge in [0.15, 0.2) is 0 Å². The fourth-order valence-corrected chi connectivity index (χ4v) is 4.39. The molecule has 2 fully saturated rings. The number of aryl methyl sites for hydroxylation is 1. The summed E-state index contributed by atoms with van der Waals surface area (Å²) in [5.41, 5.74) is 2.81. The van der Waals surface area contributed by atoms with E-state index in [2.05, 4.69) is 26.1 Å². The first-order valence-electron chi connectivity index (χ1n) is 9.12. The molecule has 0 saturated carbocycles. The number of carbonyl (C=O) groups is 1. The van der Waals surface area contributed by atoms with Crippen LogP contribution in [-0.2, 0) is 6.54 Å². The van der Waals surface area contributed by atoms with Crippen LogP contribution < -0.4 is 0 Å². The van der Waals surface area contributed by atoms with Crippen molar-refractivity contribution in [2.75, 3.05) is 19.6 Å². The molecule has 2 aliphatic heterocycles. The summed E-state index contributed by atoms with van der Waals surface area (Å²) < 4.78 is 0. The summed E-state index contributed by atoms with van der Waals surface area (Å²) in [4.78, 5) is 21.6. The molecule has 1 amide bonds. The molecule has 0 aliphatic carbocycles. The predicted molar refractivity (Wildman–Crippen MR) is 95.1 cm³/mol. The molecule has 2 aromatic heterocycles. The topological polar surface area (TPSA) is 65.1 Å². The second-order valence-electron chi connectivity index (χ2n) is 7.38. The molecule has 2 saturated heterocycles. The van der Waals surface area contributed by atoms with E-state index >= 15 is 0 Å². The summed E-state index contributed by atoms with van der Waals surface area (Å²) >= 11 is 0. The van der Waals surface area contributed by atoms with Gasteiger partial charge in [0.1, 0.15) is 5.69 Å². The number of H-pyrrole nitrogens is 1. The number of aromatic amines is 1. The maximum Gasteiger partial charge on any atom is 0.274 e. The predicted octanol–water partition coefficient (Wildman–Crippen LogP) is 2.38. The molecule has 1 atom stereocenters. The first-order chi connectivity index (χ1) is 12.2. The Morgan fingerprint density at radius 3 is 2.88 bits per heavy atom. The molecule has 2 aromatic rings. The van der Waals surface area contributed by atoms with Crippen LogP contribution in [-0.4, -0.2) is 56.1 Å². The standard InChI is InChI=1S/C19H25N5O/c1-15-11-17(22-21-15)18(25)23-9-3-6-19(14-23)7-4-10-24(19)13-16-5-2-8-20-12-16/h2,5,8,11-12H,3-4,6-7,9-10,13-14H2,1H3,(H,21,22)/t19-/m0/s1. The van der Waals surface area contributed by atoms with E-state index in [1.54, 1.807) is 0 Å². The second-order valence-corrected chi connectivity index (χ2v) is 7.38. The van der Waals surface area contributed by atoms with Gasteiger partial charge in [-0.2, -0.15) is 5.10 Å². The smallest absolute Gasteiger partial charge is 0.274 e. The molecule has 0 bridgehead atoms. The van der Waals surface area contributed by atoms with Crippen LogP contribution in [0.25, 0.3) is 0 Å². The van der Waals surface area contributed by atoms with E-state index in [-0.39, 0.29) is 11.4 Å². The molecule has 0 unspecified atom stereocenters. The van der Waals surface area contributed by atoms with Gasteiger partial charge >= 0.3 is 0 Å². The van der Waals surface area contributed by atoms with Crippen LogP contribution >= 0.6 is 0 Å². The van der Waals surface area contributed by atoms with Crippen molar-refractivity contribution in [1.82, 2.24) is 25.0 Å². The number of nitrogens with zero attached hydrogens (tertiary/aromatic N) is 4. The van der Waals surface area contributed by atoms with Gasteiger partial charge in [-0.1, -0.05) is 6.07 Å². The highest BCUT2D eigenvalue weighted by Gasteiger charge is 2.45. The van der Waals surface area contributed by atoms with Crippen molar-refractivity contribution in [1.29, 1.82) is 0 Å². The molecule has 4 rings (SSSR count). The summed E-state index contributed by atoms with van der Waals surface area (Å²) in [7, 11) is 0.